The summed E-state index contributed by atoms with van der Waals surface area (Å²) in [6.45, 7) is 6.46. The summed E-state index contributed by atoms with van der Waals surface area (Å²) in [4.78, 5) is 18.9. The highest BCUT2D eigenvalue weighted by atomic mass is 19.1. The molecule has 2 heterocycles. The molecule has 3 rings (SSSR count). The van der Waals surface area contributed by atoms with Crippen LogP contribution in [0.15, 0.2) is 54.9 Å². The Morgan fingerprint density at radius 2 is 1.79 bits per heavy atom. The lowest BCUT2D eigenvalue weighted by Crippen LogP contribution is -2.23. The lowest BCUT2D eigenvalue weighted by atomic mass is 10.2. The molecule has 0 unspecified atom stereocenters. The highest BCUT2D eigenvalue weighted by molar-refractivity contribution is 5.91. The molecule has 0 fully saturated rings. The summed E-state index contributed by atoms with van der Waals surface area (Å²) in [6.07, 6.45) is 3.75. The molecular weight excluding hydrogens is 357 g/mol. The number of aromatic nitrogens is 3. The molecule has 1 aromatic carbocycles. The average Bonchev–Trinajstić information content (AvgIpc) is 3.12. The maximum Gasteiger partial charge on any atom is 0.230 e. The van der Waals surface area contributed by atoms with Crippen molar-refractivity contribution in [2.45, 2.75) is 26.8 Å². The molecule has 3 aromatic rings. The molecular formula is C21H24FN5O. The fourth-order valence-corrected chi connectivity index (χ4v) is 2.92. The smallest absolute Gasteiger partial charge is 0.230 e. The highest BCUT2D eigenvalue weighted by Crippen LogP contribution is 2.12. The maximum absolute atomic E-state index is 13.0. The van der Waals surface area contributed by atoms with Crippen molar-refractivity contribution in [3.05, 3.63) is 71.8 Å². The standard InChI is InChI=1S/C21H24FN5O/c1-3-26(4-2)20-10-7-17(14-23-20)13-21(28)24-19-11-12-27(25-19)15-16-5-8-18(22)9-6-16/h5-12,14H,3-4,13,15H2,1-2H3,(H,24,25,28). The zero-order valence-corrected chi connectivity index (χ0v) is 16.1. The predicted octanol–water partition coefficient (Wildman–Crippen LogP) is 3.49. The predicted molar refractivity (Wildman–Crippen MR) is 108 cm³/mol. The van der Waals surface area contributed by atoms with Crippen LogP contribution in [0.5, 0.6) is 0 Å². The van der Waals surface area contributed by atoms with Crippen LogP contribution in [0.4, 0.5) is 16.0 Å². The maximum atomic E-state index is 13.0. The van der Waals surface area contributed by atoms with E-state index in [0.29, 0.717) is 12.4 Å². The minimum Gasteiger partial charge on any atom is -0.357 e. The number of anilines is 2. The quantitative estimate of drug-likeness (QED) is 0.649. The van der Waals surface area contributed by atoms with Gasteiger partial charge in [0.05, 0.1) is 13.0 Å². The number of amides is 1. The molecule has 7 heteroatoms. The SMILES string of the molecule is CCN(CC)c1ccc(CC(=O)Nc2ccn(Cc3ccc(F)cc3)n2)cn1. The first-order valence-corrected chi connectivity index (χ1v) is 9.35. The van der Waals surface area contributed by atoms with E-state index in [2.05, 4.69) is 34.1 Å². The van der Waals surface area contributed by atoms with Crippen LogP contribution in [-0.4, -0.2) is 33.8 Å². The number of nitrogens with one attached hydrogen (secondary N) is 1. The number of benzene rings is 1. The molecule has 0 saturated carbocycles. The Kier molecular flexibility index (Phi) is 6.37. The van der Waals surface area contributed by atoms with E-state index in [1.54, 1.807) is 35.3 Å². The van der Waals surface area contributed by atoms with E-state index in [1.165, 1.54) is 12.1 Å². The Hall–Kier alpha value is -3.22. The van der Waals surface area contributed by atoms with Crippen molar-refractivity contribution in [2.75, 3.05) is 23.3 Å². The van der Waals surface area contributed by atoms with Gasteiger partial charge in [0.1, 0.15) is 11.6 Å². The Bertz CT molecular complexity index is 901. The first-order valence-electron chi connectivity index (χ1n) is 9.35. The van der Waals surface area contributed by atoms with Crippen LogP contribution in [0.3, 0.4) is 0 Å². The average molecular weight is 381 g/mol. The molecule has 1 amide bonds. The van der Waals surface area contributed by atoms with Crippen molar-refractivity contribution in [3.63, 3.8) is 0 Å². The number of halogens is 1. The summed E-state index contributed by atoms with van der Waals surface area (Å²) in [5.41, 5.74) is 1.78. The number of hydrogen-bond donors (Lipinski definition) is 1. The molecule has 2 aromatic heterocycles. The van der Waals surface area contributed by atoms with Gasteiger partial charge in [-0.15, -0.1) is 0 Å². The van der Waals surface area contributed by atoms with Crippen molar-refractivity contribution in [1.29, 1.82) is 0 Å². The Labute approximate surface area is 164 Å². The molecule has 0 aliphatic rings. The van der Waals surface area contributed by atoms with Crippen molar-refractivity contribution >= 4 is 17.5 Å². The molecule has 0 spiro atoms. The van der Waals surface area contributed by atoms with Gasteiger partial charge in [0.2, 0.25) is 5.91 Å². The molecule has 0 bridgehead atoms. The molecule has 0 saturated heterocycles. The molecule has 146 valence electrons. The van der Waals surface area contributed by atoms with E-state index in [0.717, 1.165) is 30.0 Å². The summed E-state index contributed by atoms with van der Waals surface area (Å²) >= 11 is 0. The van der Waals surface area contributed by atoms with Crippen LogP contribution in [0.2, 0.25) is 0 Å². The van der Waals surface area contributed by atoms with Gasteiger partial charge in [-0.2, -0.15) is 5.10 Å². The first-order chi connectivity index (χ1) is 13.6. The third-order valence-corrected chi connectivity index (χ3v) is 4.43. The summed E-state index contributed by atoms with van der Waals surface area (Å²) < 4.78 is 14.7. The van der Waals surface area contributed by atoms with E-state index < -0.39 is 0 Å². The van der Waals surface area contributed by atoms with Gasteiger partial charge in [-0.25, -0.2) is 9.37 Å². The van der Waals surface area contributed by atoms with Gasteiger partial charge in [0.15, 0.2) is 5.82 Å². The summed E-state index contributed by atoms with van der Waals surface area (Å²) in [5, 5.41) is 7.13. The van der Waals surface area contributed by atoms with Crippen LogP contribution < -0.4 is 10.2 Å². The van der Waals surface area contributed by atoms with Gasteiger partial charge in [-0.05, 0) is 43.2 Å². The van der Waals surface area contributed by atoms with Gasteiger partial charge in [-0.1, -0.05) is 18.2 Å². The van der Waals surface area contributed by atoms with Crippen molar-refractivity contribution in [2.24, 2.45) is 0 Å². The van der Waals surface area contributed by atoms with E-state index in [9.17, 15) is 9.18 Å². The van der Waals surface area contributed by atoms with Crippen LogP contribution >= 0.6 is 0 Å². The number of carbonyl (C=O) groups excluding carboxylic acids is 1. The van der Waals surface area contributed by atoms with Crippen LogP contribution in [0.1, 0.15) is 25.0 Å². The summed E-state index contributed by atoms with van der Waals surface area (Å²) in [5.74, 6) is 0.981. The van der Waals surface area contributed by atoms with Crippen molar-refractivity contribution in [3.8, 4) is 0 Å². The van der Waals surface area contributed by atoms with E-state index in [4.69, 9.17) is 0 Å². The van der Waals surface area contributed by atoms with Crippen molar-refractivity contribution < 1.29 is 9.18 Å². The normalized spacial score (nSPS) is 10.7. The second-order valence-corrected chi connectivity index (χ2v) is 6.45. The van der Waals surface area contributed by atoms with Gasteiger partial charge in [0, 0.05) is 31.5 Å². The second kappa shape index (κ2) is 9.12. The van der Waals surface area contributed by atoms with Crippen LogP contribution in [0, 0.1) is 5.82 Å². The van der Waals surface area contributed by atoms with Crippen LogP contribution in [-0.2, 0) is 17.8 Å². The summed E-state index contributed by atoms with van der Waals surface area (Å²) in [6, 6.07) is 11.9. The molecule has 28 heavy (non-hydrogen) atoms. The molecule has 0 aliphatic carbocycles. The zero-order chi connectivity index (χ0) is 19.9. The second-order valence-electron chi connectivity index (χ2n) is 6.45. The Morgan fingerprint density at radius 1 is 1.07 bits per heavy atom. The fourth-order valence-electron chi connectivity index (χ4n) is 2.92. The lowest BCUT2D eigenvalue weighted by Gasteiger charge is -2.19. The molecule has 0 aliphatic heterocycles. The van der Waals surface area contributed by atoms with Gasteiger partial charge < -0.3 is 10.2 Å². The van der Waals surface area contributed by atoms with E-state index >= 15 is 0 Å². The largest absolute Gasteiger partial charge is 0.357 e. The fraction of sp³-hybridized carbons (Fsp3) is 0.286. The third-order valence-electron chi connectivity index (χ3n) is 4.43. The number of pyridine rings is 1. The molecule has 6 nitrogen and oxygen atoms in total. The van der Waals surface area contributed by atoms with Gasteiger partial charge in [0.25, 0.3) is 0 Å². The Balaban J connectivity index is 1.55. The minimum atomic E-state index is -0.267. The number of nitrogens with zero attached hydrogens (tertiary/aromatic N) is 4. The van der Waals surface area contributed by atoms with Gasteiger partial charge in [-0.3, -0.25) is 9.48 Å². The number of rotatable bonds is 8. The van der Waals surface area contributed by atoms with Crippen molar-refractivity contribution in [1.82, 2.24) is 14.8 Å². The lowest BCUT2D eigenvalue weighted by molar-refractivity contribution is -0.115. The minimum absolute atomic E-state index is 0.149. The topological polar surface area (TPSA) is 63.1 Å². The zero-order valence-electron chi connectivity index (χ0n) is 16.1. The monoisotopic (exact) mass is 381 g/mol. The Morgan fingerprint density at radius 3 is 2.43 bits per heavy atom. The number of hydrogen-bond acceptors (Lipinski definition) is 4. The molecule has 0 radical (unpaired) electrons. The van der Waals surface area contributed by atoms with Gasteiger partial charge >= 0.3 is 0 Å². The highest BCUT2D eigenvalue weighted by Gasteiger charge is 2.09. The first kappa shape index (κ1) is 19.5. The molecule has 0 atom stereocenters. The third kappa shape index (κ3) is 5.16. The summed E-state index contributed by atoms with van der Waals surface area (Å²) in [7, 11) is 0. The molecule has 1 N–H and O–H groups in total. The van der Waals surface area contributed by atoms with E-state index in [1.807, 2.05) is 12.1 Å². The van der Waals surface area contributed by atoms with Crippen LogP contribution in [0.25, 0.3) is 0 Å². The number of carbonyl (C=O) groups is 1. The van der Waals surface area contributed by atoms with E-state index in [-0.39, 0.29) is 18.1 Å².